The van der Waals surface area contributed by atoms with Crippen LogP contribution < -0.4 is 20.9 Å². The van der Waals surface area contributed by atoms with E-state index in [-0.39, 0.29) is 6.29 Å². The topological polar surface area (TPSA) is 70.5 Å². The number of fused-ring (bicyclic) bond motifs is 3. The van der Waals surface area contributed by atoms with E-state index in [1.54, 1.807) is 0 Å². The maximum Gasteiger partial charge on any atom is 0.241 e. The Labute approximate surface area is 234 Å². The molecule has 4 heteroatoms. The van der Waals surface area contributed by atoms with Gasteiger partial charge in [-0.2, -0.15) is 0 Å². The second-order valence-electron chi connectivity index (χ2n) is 10.2. The Morgan fingerprint density at radius 1 is 0.564 bits per heavy atom. The molecule has 39 heavy (non-hydrogen) atoms. The summed E-state index contributed by atoms with van der Waals surface area (Å²) in [5.74, 6) is 1.53. The summed E-state index contributed by atoms with van der Waals surface area (Å²) in [5, 5.41) is 0. The molecule has 4 aromatic rings. The van der Waals surface area contributed by atoms with Gasteiger partial charge in [-0.15, -0.1) is 0 Å². The number of hydrogen-bond donors (Lipinski definition) is 2. The van der Waals surface area contributed by atoms with Gasteiger partial charge in [-0.3, -0.25) is 0 Å². The lowest BCUT2D eigenvalue weighted by atomic mass is 10.1. The van der Waals surface area contributed by atoms with E-state index >= 15 is 0 Å². The minimum absolute atomic E-state index is 0.321. The predicted molar refractivity (Wildman–Crippen MR) is 164 cm³/mol. The zero-order valence-electron chi connectivity index (χ0n) is 23.2. The molecular formula is C35H42N2O2. The van der Waals surface area contributed by atoms with E-state index in [9.17, 15) is 0 Å². The lowest BCUT2D eigenvalue weighted by Crippen LogP contribution is -2.24. The molecule has 0 atom stereocenters. The van der Waals surface area contributed by atoms with Crippen molar-refractivity contribution >= 4 is 11.4 Å². The van der Waals surface area contributed by atoms with Gasteiger partial charge in [0.15, 0.2) is 0 Å². The summed E-state index contributed by atoms with van der Waals surface area (Å²) in [6.45, 7) is 2.24. The molecule has 1 aliphatic rings. The summed E-state index contributed by atoms with van der Waals surface area (Å²) in [6, 6.07) is 32.2. The minimum atomic E-state index is -0.321. The fourth-order valence-corrected chi connectivity index (χ4v) is 4.89. The highest BCUT2D eigenvalue weighted by Gasteiger charge is 2.16. The molecule has 0 spiro atoms. The van der Waals surface area contributed by atoms with E-state index in [1.807, 2.05) is 48.5 Å². The van der Waals surface area contributed by atoms with Crippen molar-refractivity contribution in [2.75, 3.05) is 11.5 Å². The van der Waals surface area contributed by atoms with Crippen LogP contribution in [0.1, 0.15) is 69.4 Å². The minimum Gasteiger partial charge on any atom is -0.455 e. The number of nitrogen functional groups attached to an aromatic ring is 2. The third-order valence-electron chi connectivity index (χ3n) is 7.04. The molecule has 0 unspecified atom stereocenters. The van der Waals surface area contributed by atoms with Crippen molar-refractivity contribution in [3.8, 4) is 22.6 Å². The van der Waals surface area contributed by atoms with Gasteiger partial charge in [0, 0.05) is 17.8 Å². The van der Waals surface area contributed by atoms with Crippen LogP contribution in [0.25, 0.3) is 11.1 Å². The number of ether oxygens (including phenoxy) is 2. The molecule has 0 heterocycles. The summed E-state index contributed by atoms with van der Waals surface area (Å²) in [6.07, 6.45) is 10.5. The Balaban J connectivity index is 0.000000223. The highest BCUT2D eigenvalue weighted by atomic mass is 16.7. The largest absolute Gasteiger partial charge is 0.455 e. The van der Waals surface area contributed by atoms with Crippen molar-refractivity contribution in [2.24, 2.45) is 0 Å². The molecule has 5 rings (SSSR count). The van der Waals surface area contributed by atoms with Crippen LogP contribution in [0, 0.1) is 0 Å². The third-order valence-corrected chi connectivity index (χ3v) is 7.04. The average Bonchev–Trinajstić information content (AvgIpc) is 3.34. The number of hydrogen-bond acceptors (Lipinski definition) is 4. The summed E-state index contributed by atoms with van der Waals surface area (Å²) in [7, 11) is 0. The smallest absolute Gasteiger partial charge is 0.241 e. The molecule has 4 nitrogen and oxygen atoms in total. The fourth-order valence-electron chi connectivity index (χ4n) is 4.89. The first-order chi connectivity index (χ1) is 19.1. The second kappa shape index (κ2) is 14.9. The molecule has 4 aromatic carbocycles. The number of anilines is 2. The van der Waals surface area contributed by atoms with Gasteiger partial charge >= 0.3 is 0 Å². The van der Waals surface area contributed by atoms with Crippen LogP contribution >= 0.6 is 0 Å². The molecule has 0 saturated heterocycles. The Hall–Kier alpha value is -3.92. The van der Waals surface area contributed by atoms with Crippen LogP contribution in [0.2, 0.25) is 0 Å². The van der Waals surface area contributed by atoms with E-state index in [1.165, 1.54) is 60.8 Å². The highest BCUT2D eigenvalue weighted by Crippen LogP contribution is 2.35. The van der Waals surface area contributed by atoms with Gasteiger partial charge in [-0.1, -0.05) is 94.0 Å². The van der Waals surface area contributed by atoms with Gasteiger partial charge in [0.25, 0.3) is 0 Å². The first-order valence-electron chi connectivity index (χ1n) is 14.3. The van der Waals surface area contributed by atoms with Gasteiger partial charge in [0.05, 0.1) is 0 Å². The van der Waals surface area contributed by atoms with Crippen molar-refractivity contribution in [1.29, 1.82) is 0 Å². The first kappa shape index (κ1) is 28.1. The zero-order chi connectivity index (χ0) is 27.3. The van der Waals surface area contributed by atoms with Gasteiger partial charge in [-0.05, 0) is 83.6 Å². The average molecular weight is 523 g/mol. The quantitative estimate of drug-likeness (QED) is 0.0974. The number of unbranched alkanes of at least 4 members (excludes halogenated alkanes) is 6. The summed E-state index contributed by atoms with van der Waals surface area (Å²) in [5.41, 5.74) is 18.7. The normalized spacial score (nSPS) is 11.3. The summed E-state index contributed by atoms with van der Waals surface area (Å²) < 4.78 is 12.1. The number of nitrogens with two attached hydrogens (primary N) is 2. The highest BCUT2D eigenvalue weighted by molar-refractivity contribution is 5.76. The van der Waals surface area contributed by atoms with Gasteiger partial charge in [0.1, 0.15) is 11.5 Å². The van der Waals surface area contributed by atoms with Crippen molar-refractivity contribution in [2.45, 2.75) is 71.0 Å². The summed E-state index contributed by atoms with van der Waals surface area (Å²) in [4.78, 5) is 0. The van der Waals surface area contributed by atoms with Gasteiger partial charge in [-0.25, -0.2) is 0 Å². The van der Waals surface area contributed by atoms with E-state index in [4.69, 9.17) is 20.9 Å². The monoisotopic (exact) mass is 522 g/mol. The van der Waals surface area contributed by atoms with Crippen LogP contribution in [0.3, 0.4) is 0 Å². The molecule has 0 fully saturated rings. The SMILES string of the molecule is CCCCCCCCCC(Oc1ccc(N)cc1)Oc1ccc(N)cc1.c1ccc2c(c1)Cc1ccccc1-2. The Bertz CT molecular complexity index is 1180. The lowest BCUT2D eigenvalue weighted by Gasteiger charge is -2.21. The molecule has 204 valence electrons. The molecular weight excluding hydrogens is 480 g/mol. The Morgan fingerprint density at radius 2 is 1.00 bits per heavy atom. The molecule has 0 amide bonds. The van der Waals surface area contributed by atoms with Crippen LogP contribution in [0.15, 0.2) is 97.1 Å². The van der Waals surface area contributed by atoms with Crippen LogP contribution in [-0.4, -0.2) is 6.29 Å². The van der Waals surface area contributed by atoms with E-state index < -0.39 is 0 Å². The van der Waals surface area contributed by atoms with Crippen molar-refractivity contribution in [3.63, 3.8) is 0 Å². The van der Waals surface area contributed by atoms with E-state index in [0.717, 1.165) is 42.1 Å². The molecule has 0 radical (unpaired) electrons. The zero-order valence-corrected chi connectivity index (χ0v) is 23.2. The molecule has 0 saturated carbocycles. The van der Waals surface area contributed by atoms with Crippen molar-refractivity contribution < 1.29 is 9.47 Å². The van der Waals surface area contributed by atoms with E-state index in [0.29, 0.717) is 0 Å². The first-order valence-corrected chi connectivity index (χ1v) is 14.3. The van der Waals surface area contributed by atoms with Crippen LogP contribution in [-0.2, 0) is 6.42 Å². The van der Waals surface area contributed by atoms with Gasteiger partial charge < -0.3 is 20.9 Å². The van der Waals surface area contributed by atoms with Gasteiger partial charge in [0.2, 0.25) is 6.29 Å². The van der Waals surface area contributed by atoms with E-state index in [2.05, 4.69) is 55.5 Å². The Kier molecular flexibility index (Phi) is 10.7. The molecule has 0 aromatic heterocycles. The maximum atomic E-state index is 6.04. The van der Waals surface area contributed by atoms with Crippen LogP contribution in [0.5, 0.6) is 11.5 Å². The van der Waals surface area contributed by atoms with Crippen molar-refractivity contribution in [1.82, 2.24) is 0 Å². The number of benzene rings is 4. The summed E-state index contributed by atoms with van der Waals surface area (Å²) >= 11 is 0. The van der Waals surface area contributed by atoms with Crippen LogP contribution in [0.4, 0.5) is 11.4 Å². The Morgan fingerprint density at radius 3 is 1.49 bits per heavy atom. The number of rotatable bonds is 12. The molecule has 4 N–H and O–H groups in total. The van der Waals surface area contributed by atoms with Crippen molar-refractivity contribution in [3.05, 3.63) is 108 Å². The molecule has 0 bridgehead atoms. The fraction of sp³-hybridized carbons (Fsp3) is 0.314. The third kappa shape index (κ3) is 8.81. The maximum absolute atomic E-state index is 6.04. The predicted octanol–water partition coefficient (Wildman–Crippen LogP) is 9.03. The molecule has 1 aliphatic carbocycles. The second-order valence-corrected chi connectivity index (χ2v) is 10.2. The standard InChI is InChI=1S/C22H32N2O2.C13H10/c1-2-3-4-5-6-7-8-9-22(25-20-14-10-18(23)11-15-20)26-21-16-12-19(24)13-17-21;1-3-7-12-10(5-1)9-11-6-2-4-8-13(11)12/h10-17,22H,2-9,23-24H2,1H3;1-8H,9H2. The molecule has 0 aliphatic heterocycles. The lowest BCUT2D eigenvalue weighted by molar-refractivity contribution is -0.00244.